The Morgan fingerprint density at radius 3 is 2.47 bits per heavy atom. The number of rotatable bonds is 3. The highest BCUT2D eigenvalue weighted by molar-refractivity contribution is 5.25. The average Bonchev–Trinajstić information content (AvgIpc) is 2.37. The Labute approximate surface area is 116 Å². The summed E-state index contributed by atoms with van der Waals surface area (Å²) >= 11 is 0. The third-order valence-electron chi connectivity index (χ3n) is 4.18. The Morgan fingerprint density at radius 2 is 1.89 bits per heavy atom. The summed E-state index contributed by atoms with van der Waals surface area (Å²) < 4.78 is 5.58. The summed E-state index contributed by atoms with van der Waals surface area (Å²) in [6.45, 7) is 11.3. The molecule has 3 nitrogen and oxygen atoms in total. The zero-order valence-corrected chi connectivity index (χ0v) is 12.5. The topological polar surface area (TPSA) is 38.5 Å². The molecule has 2 N–H and O–H groups in total. The van der Waals surface area contributed by atoms with Crippen LogP contribution >= 0.6 is 0 Å². The Morgan fingerprint density at radius 1 is 1.26 bits per heavy atom. The second-order valence-electron chi connectivity index (χ2n) is 6.24. The molecule has 106 valence electrons. The molecular weight excluding hydrogens is 236 g/mol. The predicted molar refractivity (Wildman–Crippen MR) is 79.2 cm³/mol. The van der Waals surface area contributed by atoms with Crippen LogP contribution in [0.3, 0.4) is 0 Å². The van der Waals surface area contributed by atoms with E-state index in [1.807, 2.05) is 0 Å². The zero-order valence-electron chi connectivity index (χ0n) is 12.5. The minimum absolute atomic E-state index is 0.0398. The van der Waals surface area contributed by atoms with E-state index in [1.165, 1.54) is 11.1 Å². The maximum absolute atomic E-state index is 6.46. The average molecular weight is 262 g/mol. The molecule has 1 aromatic carbocycles. The van der Waals surface area contributed by atoms with Crippen molar-refractivity contribution < 1.29 is 4.74 Å². The number of nitrogens with two attached hydrogens (primary N) is 1. The molecule has 0 radical (unpaired) electrons. The van der Waals surface area contributed by atoms with Gasteiger partial charge in [0, 0.05) is 24.2 Å². The Kier molecular flexibility index (Phi) is 4.29. The predicted octanol–water partition coefficient (Wildman–Crippen LogP) is 2.49. The minimum Gasteiger partial charge on any atom is -0.378 e. The van der Waals surface area contributed by atoms with Crippen LogP contribution in [0.1, 0.15) is 37.9 Å². The smallest absolute Gasteiger partial charge is 0.0645 e. The summed E-state index contributed by atoms with van der Waals surface area (Å²) in [5, 5.41) is 0. The summed E-state index contributed by atoms with van der Waals surface area (Å²) in [6.07, 6.45) is 0. The molecule has 2 unspecified atom stereocenters. The summed E-state index contributed by atoms with van der Waals surface area (Å²) in [6, 6.07) is 8.90. The lowest BCUT2D eigenvalue weighted by atomic mass is 9.93. The molecule has 1 aliphatic rings. The Balaban J connectivity index is 2.13. The van der Waals surface area contributed by atoms with Crippen molar-refractivity contribution in [2.24, 2.45) is 5.73 Å². The molecule has 0 aliphatic carbocycles. The molecule has 1 heterocycles. The molecule has 1 aromatic rings. The highest BCUT2D eigenvalue weighted by Crippen LogP contribution is 2.27. The van der Waals surface area contributed by atoms with Gasteiger partial charge in [0.05, 0.1) is 13.2 Å². The fourth-order valence-electron chi connectivity index (χ4n) is 2.89. The molecule has 19 heavy (non-hydrogen) atoms. The summed E-state index contributed by atoms with van der Waals surface area (Å²) in [5.74, 6) is 0. The lowest BCUT2D eigenvalue weighted by Gasteiger charge is -2.47. The van der Waals surface area contributed by atoms with E-state index < -0.39 is 0 Å². The minimum atomic E-state index is 0.0398. The highest BCUT2D eigenvalue weighted by Gasteiger charge is 2.36. The lowest BCUT2D eigenvalue weighted by molar-refractivity contribution is -0.0730. The molecule has 0 saturated carbocycles. The van der Waals surface area contributed by atoms with Crippen LogP contribution < -0.4 is 5.73 Å². The lowest BCUT2D eigenvalue weighted by Crippen LogP contribution is -2.58. The fraction of sp³-hybridized carbons (Fsp3) is 0.625. The first-order valence-electron chi connectivity index (χ1n) is 7.08. The quantitative estimate of drug-likeness (QED) is 0.909. The first-order valence-corrected chi connectivity index (χ1v) is 7.08. The van der Waals surface area contributed by atoms with Gasteiger partial charge in [0.15, 0.2) is 0 Å². The van der Waals surface area contributed by atoms with E-state index >= 15 is 0 Å². The number of morpholine rings is 1. The summed E-state index contributed by atoms with van der Waals surface area (Å²) in [7, 11) is 0. The Hall–Kier alpha value is -0.900. The van der Waals surface area contributed by atoms with Crippen LogP contribution in [0.2, 0.25) is 0 Å². The molecule has 3 heteroatoms. The number of aryl methyl sites for hydroxylation is 1. The van der Waals surface area contributed by atoms with Crippen LogP contribution in [0, 0.1) is 6.92 Å². The van der Waals surface area contributed by atoms with Crippen molar-refractivity contribution in [2.45, 2.75) is 45.3 Å². The number of hydrogen-bond acceptors (Lipinski definition) is 3. The third kappa shape index (κ3) is 3.16. The summed E-state index contributed by atoms with van der Waals surface area (Å²) in [4.78, 5) is 2.47. The SMILES string of the molecule is Cc1ccc(C(N)C(C)N2CCOCC2(C)C)cc1. The van der Waals surface area contributed by atoms with Gasteiger partial charge in [0.25, 0.3) is 0 Å². The van der Waals surface area contributed by atoms with Gasteiger partial charge in [0.1, 0.15) is 0 Å². The maximum atomic E-state index is 6.46. The van der Waals surface area contributed by atoms with Gasteiger partial charge in [0.2, 0.25) is 0 Å². The molecule has 1 fully saturated rings. The van der Waals surface area contributed by atoms with Gasteiger partial charge in [-0.05, 0) is 33.3 Å². The van der Waals surface area contributed by atoms with Gasteiger partial charge < -0.3 is 10.5 Å². The van der Waals surface area contributed by atoms with Crippen molar-refractivity contribution in [2.75, 3.05) is 19.8 Å². The van der Waals surface area contributed by atoms with E-state index in [2.05, 4.69) is 56.9 Å². The fourth-order valence-corrected chi connectivity index (χ4v) is 2.89. The van der Waals surface area contributed by atoms with Gasteiger partial charge in [-0.2, -0.15) is 0 Å². The normalized spacial score (nSPS) is 23.0. The molecular formula is C16H26N2O. The second kappa shape index (κ2) is 5.61. The van der Waals surface area contributed by atoms with E-state index in [1.54, 1.807) is 0 Å². The largest absolute Gasteiger partial charge is 0.378 e. The van der Waals surface area contributed by atoms with E-state index in [0.717, 1.165) is 19.8 Å². The molecule has 0 spiro atoms. The van der Waals surface area contributed by atoms with Gasteiger partial charge in [-0.25, -0.2) is 0 Å². The third-order valence-corrected chi connectivity index (χ3v) is 4.18. The first kappa shape index (κ1) is 14.5. The number of benzene rings is 1. The van der Waals surface area contributed by atoms with E-state index in [9.17, 15) is 0 Å². The van der Waals surface area contributed by atoms with E-state index in [4.69, 9.17) is 10.5 Å². The standard InChI is InChI=1S/C16H26N2O/c1-12-5-7-14(8-6-12)15(17)13(2)18-9-10-19-11-16(18,3)4/h5-8,13,15H,9-11,17H2,1-4H3. The van der Waals surface area contributed by atoms with Gasteiger partial charge in [-0.3, -0.25) is 4.90 Å². The van der Waals surface area contributed by atoms with Crippen molar-refractivity contribution in [3.63, 3.8) is 0 Å². The van der Waals surface area contributed by atoms with Crippen molar-refractivity contribution >= 4 is 0 Å². The molecule has 1 saturated heterocycles. The monoisotopic (exact) mass is 262 g/mol. The molecule has 2 atom stereocenters. The van der Waals surface area contributed by atoms with Crippen LogP contribution in [-0.2, 0) is 4.74 Å². The number of nitrogens with zero attached hydrogens (tertiary/aromatic N) is 1. The van der Waals surface area contributed by atoms with Gasteiger partial charge in [-0.1, -0.05) is 29.8 Å². The van der Waals surface area contributed by atoms with E-state index in [0.29, 0.717) is 6.04 Å². The number of hydrogen-bond donors (Lipinski definition) is 1. The molecule has 0 bridgehead atoms. The van der Waals surface area contributed by atoms with Gasteiger partial charge in [-0.15, -0.1) is 0 Å². The second-order valence-corrected chi connectivity index (χ2v) is 6.24. The summed E-state index contributed by atoms with van der Waals surface area (Å²) in [5.41, 5.74) is 9.00. The molecule has 1 aliphatic heterocycles. The molecule has 0 aromatic heterocycles. The highest BCUT2D eigenvalue weighted by atomic mass is 16.5. The van der Waals surface area contributed by atoms with Crippen molar-refractivity contribution in [3.8, 4) is 0 Å². The first-order chi connectivity index (χ1) is 8.92. The number of ether oxygens (including phenoxy) is 1. The van der Waals surface area contributed by atoms with Crippen molar-refractivity contribution in [3.05, 3.63) is 35.4 Å². The van der Waals surface area contributed by atoms with Crippen LogP contribution in [-0.4, -0.2) is 36.2 Å². The van der Waals surface area contributed by atoms with Crippen LogP contribution in [0.5, 0.6) is 0 Å². The van der Waals surface area contributed by atoms with Crippen molar-refractivity contribution in [1.29, 1.82) is 0 Å². The Bertz CT molecular complexity index is 413. The maximum Gasteiger partial charge on any atom is 0.0645 e. The molecule has 0 amide bonds. The van der Waals surface area contributed by atoms with Crippen LogP contribution in [0.15, 0.2) is 24.3 Å². The van der Waals surface area contributed by atoms with Gasteiger partial charge >= 0.3 is 0 Å². The molecule has 2 rings (SSSR count). The van der Waals surface area contributed by atoms with Crippen LogP contribution in [0.4, 0.5) is 0 Å². The van der Waals surface area contributed by atoms with Crippen LogP contribution in [0.25, 0.3) is 0 Å². The van der Waals surface area contributed by atoms with E-state index in [-0.39, 0.29) is 11.6 Å². The van der Waals surface area contributed by atoms with Crippen molar-refractivity contribution in [1.82, 2.24) is 4.90 Å². The zero-order chi connectivity index (χ0) is 14.0.